The van der Waals surface area contributed by atoms with Gasteiger partial charge in [0.05, 0.1) is 6.10 Å². The Morgan fingerprint density at radius 2 is 2.06 bits per heavy atom. The first-order valence-corrected chi connectivity index (χ1v) is 7.90. The first-order chi connectivity index (χ1) is 8.50. The minimum atomic E-state index is -0.0555. The van der Waals surface area contributed by atoms with Crippen molar-refractivity contribution in [3.05, 3.63) is 0 Å². The van der Waals surface area contributed by atoms with Crippen LogP contribution in [-0.4, -0.2) is 35.7 Å². The molecule has 1 aliphatic heterocycles. The highest BCUT2D eigenvalue weighted by Crippen LogP contribution is 2.39. The second kappa shape index (κ2) is 5.92. The van der Waals surface area contributed by atoms with E-state index in [0.717, 1.165) is 18.9 Å². The molecule has 1 saturated carbocycles. The molecular weight excluding hydrogens is 222 g/mol. The number of nitrogens with zero attached hydrogens (tertiary/aromatic N) is 1. The molecule has 3 atom stereocenters. The maximum atomic E-state index is 10.2. The molecule has 1 aliphatic carbocycles. The fourth-order valence-corrected chi connectivity index (χ4v) is 3.89. The Hall–Kier alpha value is -0.0800. The highest BCUT2D eigenvalue weighted by Gasteiger charge is 2.35. The normalized spacial score (nSPS) is 37.7. The van der Waals surface area contributed by atoms with Crippen molar-refractivity contribution in [3.63, 3.8) is 0 Å². The van der Waals surface area contributed by atoms with Crippen molar-refractivity contribution in [1.29, 1.82) is 0 Å². The van der Waals surface area contributed by atoms with Crippen LogP contribution in [0.1, 0.15) is 59.3 Å². The highest BCUT2D eigenvalue weighted by atomic mass is 16.3. The minimum Gasteiger partial charge on any atom is -0.393 e. The van der Waals surface area contributed by atoms with Gasteiger partial charge in [-0.25, -0.2) is 0 Å². The molecule has 1 heterocycles. The van der Waals surface area contributed by atoms with Gasteiger partial charge in [-0.15, -0.1) is 0 Å². The molecule has 0 aromatic heterocycles. The molecule has 1 N–H and O–H groups in total. The molecule has 0 aromatic rings. The zero-order chi connectivity index (χ0) is 13.2. The van der Waals surface area contributed by atoms with E-state index < -0.39 is 0 Å². The fourth-order valence-electron chi connectivity index (χ4n) is 3.89. The monoisotopic (exact) mass is 253 g/mol. The summed E-state index contributed by atoms with van der Waals surface area (Å²) in [5.41, 5.74) is 0.434. The van der Waals surface area contributed by atoms with Crippen LogP contribution in [-0.2, 0) is 0 Å². The number of likely N-dealkylation sites (tertiary alicyclic amines) is 1. The predicted molar refractivity (Wildman–Crippen MR) is 76.6 cm³/mol. The van der Waals surface area contributed by atoms with Gasteiger partial charge in [0.1, 0.15) is 0 Å². The summed E-state index contributed by atoms with van der Waals surface area (Å²) in [5.74, 6) is 1.40. The quantitative estimate of drug-likeness (QED) is 0.834. The Bertz CT molecular complexity index is 264. The summed E-state index contributed by atoms with van der Waals surface area (Å²) in [6.45, 7) is 10.7. The first kappa shape index (κ1) is 14.3. The number of rotatable bonds is 3. The molecule has 0 radical (unpaired) electrons. The summed E-state index contributed by atoms with van der Waals surface area (Å²) in [6, 6.07) is 0. The largest absolute Gasteiger partial charge is 0.393 e. The van der Waals surface area contributed by atoms with E-state index in [1.165, 1.54) is 45.2 Å². The van der Waals surface area contributed by atoms with Crippen LogP contribution in [0.15, 0.2) is 0 Å². The molecule has 1 saturated heterocycles. The maximum Gasteiger partial charge on any atom is 0.0581 e. The minimum absolute atomic E-state index is 0.0555. The van der Waals surface area contributed by atoms with Gasteiger partial charge < -0.3 is 10.0 Å². The number of aliphatic hydroxyl groups is 1. The van der Waals surface area contributed by atoms with Gasteiger partial charge >= 0.3 is 0 Å². The van der Waals surface area contributed by atoms with Gasteiger partial charge in [0.15, 0.2) is 0 Å². The molecule has 0 spiro atoms. The van der Waals surface area contributed by atoms with Crippen molar-refractivity contribution >= 4 is 0 Å². The highest BCUT2D eigenvalue weighted by molar-refractivity contribution is 4.87. The lowest BCUT2D eigenvalue weighted by Gasteiger charge is -2.42. The maximum absolute atomic E-state index is 10.2. The van der Waals surface area contributed by atoms with Crippen LogP contribution >= 0.6 is 0 Å². The van der Waals surface area contributed by atoms with Crippen molar-refractivity contribution in [2.75, 3.05) is 19.6 Å². The summed E-state index contributed by atoms with van der Waals surface area (Å²) in [5, 5.41) is 10.2. The van der Waals surface area contributed by atoms with Crippen LogP contribution < -0.4 is 0 Å². The van der Waals surface area contributed by atoms with Gasteiger partial charge in [-0.05, 0) is 55.9 Å². The van der Waals surface area contributed by atoms with Crippen LogP contribution in [0.25, 0.3) is 0 Å². The van der Waals surface area contributed by atoms with Gasteiger partial charge in [-0.1, -0.05) is 27.2 Å². The van der Waals surface area contributed by atoms with E-state index in [2.05, 4.69) is 25.7 Å². The zero-order valence-corrected chi connectivity index (χ0v) is 12.5. The first-order valence-electron chi connectivity index (χ1n) is 7.90. The Morgan fingerprint density at radius 3 is 2.78 bits per heavy atom. The van der Waals surface area contributed by atoms with Gasteiger partial charge in [-0.3, -0.25) is 0 Å². The topological polar surface area (TPSA) is 23.5 Å². The van der Waals surface area contributed by atoms with E-state index in [0.29, 0.717) is 11.3 Å². The Kier molecular flexibility index (Phi) is 4.71. The fraction of sp³-hybridized carbons (Fsp3) is 1.00. The van der Waals surface area contributed by atoms with Crippen LogP contribution in [0.2, 0.25) is 0 Å². The molecule has 0 aromatic carbocycles. The zero-order valence-electron chi connectivity index (χ0n) is 12.5. The van der Waals surface area contributed by atoms with Crippen molar-refractivity contribution in [3.8, 4) is 0 Å². The summed E-state index contributed by atoms with van der Waals surface area (Å²) in [6.07, 6.45) is 7.40. The average Bonchev–Trinajstić information content (AvgIpc) is 2.34. The van der Waals surface area contributed by atoms with Crippen LogP contribution in [0.4, 0.5) is 0 Å². The Balaban J connectivity index is 1.87. The number of aliphatic hydroxyl groups excluding tert-OH is 1. The van der Waals surface area contributed by atoms with Gasteiger partial charge in [0, 0.05) is 13.1 Å². The smallest absolute Gasteiger partial charge is 0.0581 e. The molecule has 0 amide bonds. The van der Waals surface area contributed by atoms with Gasteiger partial charge in [0.2, 0.25) is 0 Å². The average molecular weight is 253 g/mol. The van der Waals surface area contributed by atoms with Crippen molar-refractivity contribution in [1.82, 2.24) is 4.90 Å². The molecule has 18 heavy (non-hydrogen) atoms. The van der Waals surface area contributed by atoms with Crippen molar-refractivity contribution < 1.29 is 5.11 Å². The Morgan fingerprint density at radius 1 is 1.28 bits per heavy atom. The molecule has 2 nitrogen and oxygen atoms in total. The van der Waals surface area contributed by atoms with E-state index in [-0.39, 0.29) is 6.10 Å². The molecule has 2 rings (SSSR count). The molecule has 0 bridgehead atoms. The number of hydrogen-bond donors (Lipinski definition) is 1. The van der Waals surface area contributed by atoms with Crippen molar-refractivity contribution in [2.24, 2.45) is 17.3 Å². The van der Waals surface area contributed by atoms with Gasteiger partial charge in [-0.2, -0.15) is 0 Å². The summed E-state index contributed by atoms with van der Waals surface area (Å²) >= 11 is 0. The molecule has 2 aliphatic rings. The third-order valence-electron chi connectivity index (χ3n) is 5.15. The van der Waals surface area contributed by atoms with Crippen LogP contribution in [0.3, 0.4) is 0 Å². The molecule has 3 unspecified atom stereocenters. The van der Waals surface area contributed by atoms with Gasteiger partial charge in [0.25, 0.3) is 0 Å². The van der Waals surface area contributed by atoms with E-state index >= 15 is 0 Å². The van der Waals surface area contributed by atoms with Crippen molar-refractivity contribution in [2.45, 2.75) is 65.4 Å². The van der Waals surface area contributed by atoms with E-state index in [4.69, 9.17) is 0 Å². The molecule has 106 valence electrons. The summed E-state index contributed by atoms with van der Waals surface area (Å²) < 4.78 is 0. The van der Waals surface area contributed by atoms with Crippen LogP contribution in [0, 0.1) is 17.3 Å². The lowest BCUT2D eigenvalue weighted by molar-refractivity contribution is -0.00218. The van der Waals surface area contributed by atoms with E-state index in [1.54, 1.807) is 0 Å². The van der Waals surface area contributed by atoms with Crippen LogP contribution in [0.5, 0.6) is 0 Å². The molecule has 2 fully saturated rings. The standard InChI is InChI=1S/C16H31NO/c1-4-13-6-5-9-17(11-13)12-14-10-16(2,3)8-7-15(14)18/h13-15,18H,4-12H2,1-3H3. The number of piperidine rings is 1. The third kappa shape index (κ3) is 3.71. The lowest BCUT2D eigenvalue weighted by atomic mass is 9.70. The molecule has 2 heteroatoms. The Labute approximate surface area is 113 Å². The SMILES string of the molecule is CCC1CCCN(CC2CC(C)(C)CCC2O)C1. The number of hydrogen-bond acceptors (Lipinski definition) is 2. The second-order valence-corrected chi connectivity index (χ2v) is 7.41. The third-order valence-corrected chi connectivity index (χ3v) is 5.15. The lowest BCUT2D eigenvalue weighted by Crippen LogP contribution is -2.44. The second-order valence-electron chi connectivity index (χ2n) is 7.41. The molecular formula is C16H31NO. The van der Waals surface area contributed by atoms with E-state index in [1.807, 2.05) is 0 Å². The predicted octanol–water partition coefficient (Wildman–Crippen LogP) is 3.30. The van der Waals surface area contributed by atoms with E-state index in [9.17, 15) is 5.11 Å². The summed E-state index contributed by atoms with van der Waals surface area (Å²) in [4.78, 5) is 2.62. The summed E-state index contributed by atoms with van der Waals surface area (Å²) in [7, 11) is 0.